The minimum Gasteiger partial charge on any atom is -0.362 e. The van der Waals surface area contributed by atoms with Gasteiger partial charge in [0.1, 0.15) is 0 Å². The molecule has 5 nitrogen and oxygen atoms in total. The van der Waals surface area contributed by atoms with Gasteiger partial charge in [-0.1, -0.05) is 37.3 Å². The molecule has 0 radical (unpaired) electrons. The number of nitrogens with one attached hydrogen (secondary N) is 1. The van der Waals surface area contributed by atoms with Gasteiger partial charge in [-0.2, -0.15) is 23.4 Å². The van der Waals surface area contributed by atoms with Gasteiger partial charge in [0.15, 0.2) is 6.17 Å². The molecule has 0 fully saturated rings. The van der Waals surface area contributed by atoms with Gasteiger partial charge in [0.05, 0.1) is 22.8 Å². The average molecular weight is 452 g/mol. The second kappa shape index (κ2) is 7.57. The van der Waals surface area contributed by atoms with Gasteiger partial charge in [0, 0.05) is 29.9 Å². The van der Waals surface area contributed by atoms with E-state index in [9.17, 15) is 18.0 Å². The Morgan fingerprint density at radius 3 is 2.70 bits per heavy atom. The molecule has 1 N–H and O–H groups in total. The van der Waals surface area contributed by atoms with Crippen LogP contribution in [0.1, 0.15) is 36.5 Å². The third-order valence-corrected chi connectivity index (χ3v) is 6.78. The molecule has 1 amide bonds. The van der Waals surface area contributed by atoms with E-state index < -0.39 is 23.3 Å². The first-order chi connectivity index (χ1) is 15.8. The Morgan fingerprint density at radius 2 is 1.97 bits per heavy atom. The first kappa shape index (κ1) is 21.4. The summed E-state index contributed by atoms with van der Waals surface area (Å²) < 4.78 is 40.8. The quantitative estimate of drug-likeness (QED) is 0.656. The molecule has 0 spiro atoms. The van der Waals surface area contributed by atoms with Crippen LogP contribution in [0.2, 0.25) is 0 Å². The number of anilines is 1. The second-order valence-electron chi connectivity index (χ2n) is 8.60. The summed E-state index contributed by atoms with van der Waals surface area (Å²) in [6, 6.07) is 13.0. The van der Waals surface area contributed by atoms with Crippen LogP contribution in [0.5, 0.6) is 0 Å². The van der Waals surface area contributed by atoms with Gasteiger partial charge in [-0.15, -0.1) is 0 Å². The zero-order valence-corrected chi connectivity index (χ0v) is 18.3. The Morgan fingerprint density at radius 1 is 1.18 bits per heavy atom. The maximum atomic E-state index is 14.0. The number of nitrogens with zero attached hydrogens (tertiary/aromatic N) is 3. The van der Waals surface area contributed by atoms with E-state index in [1.165, 1.54) is 6.07 Å². The fraction of sp³-hybridized carbons (Fsp3) is 0.320. The zero-order valence-electron chi connectivity index (χ0n) is 18.3. The minimum absolute atomic E-state index is 0.208. The Hall–Kier alpha value is -3.42. The molecule has 0 aromatic heterocycles. The Balaban J connectivity index is 1.71. The van der Waals surface area contributed by atoms with Crippen LogP contribution in [0.25, 0.3) is 0 Å². The molecule has 2 aromatic rings. The van der Waals surface area contributed by atoms with Gasteiger partial charge in [0.25, 0.3) is 5.91 Å². The van der Waals surface area contributed by atoms with Crippen LogP contribution in [0.3, 0.4) is 0 Å². The maximum absolute atomic E-state index is 14.0. The second-order valence-corrected chi connectivity index (χ2v) is 8.60. The lowest BCUT2D eigenvalue weighted by molar-refractivity contribution is -0.137. The predicted molar refractivity (Wildman–Crippen MR) is 118 cm³/mol. The summed E-state index contributed by atoms with van der Waals surface area (Å²) in [6.45, 7) is 4.32. The molecule has 0 bridgehead atoms. The SMILES string of the molecule is CC[C@@]1(c2cccc(C(F)(F)F)c2)C2=CN=NC2NC2=C1C(=O)N(c1cccc(C)c1)CC2. The standard InChI is InChI=1S/C25H23F3N4O/c1-3-24(16-7-5-8-17(13-16)25(26,27)28)19-14-29-31-22(19)30-20-10-11-32(23(33)21(20)24)18-9-4-6-15(2)12-18/h4-9,12-14,22,30H,3,10-11H2,1-2H3/t22?,24-/m1/s1. The third-order valence-electron chi connectivity index (χ3n) is 6.78. The van der Waals surface area contributed by atoms with Crippen molar-refractivity contribution in [1.29, 1.82) is 0 Å². The highest BCUT2D eigenvalue weighted by atomic mass is 19.4. The molecular weight excluding hydrogens is 429 g/mol. The molecule has 5 rings (SSSR count). The van der Waals surface area contributed by atoms with E-state index in [-0.39, 0.29) is 5.91 Å². The molecule has 0 aliphatic carbocycles. The molecule has 1 unspecified atom stereocenters. The molecule has 2 aromatic carbocycles. The summed E-state index contributed by atoms with van der Waals surface area (Å²) >= 11 is 0. The largest absolute Gasteiger partial charge is 0.416 e. The average Bonchev–Trinajstić information content (AvgIpc) is 3.26. The highest BCUT2D eigenvalue weighted by Crippen LogP contribution is 2.52. The number of rotatable bonds is 3. The smallest absolute Gasteiger partial charge is 0.362 e. The van der Waals surface area contributed by atoms with Gasteiger partial charge >= 0.3 is 6.18 Å². The van der Waals surface area contributed by atoms with Crippen molar-refractivity contribution in [2.75, 3.05) is 11.4 Å². The number of carbonyl (C=O) groups is 1. The highest BCUT2D eigenvalue weighted by Gasteiger charge is 2.53. The van der Waals surface area contributed by atoms with Crippen molar-refractivity contribution in [2.45, 2.75) is 44.4 Å². The molecule has 0 saturated carbocycles. The van der Waals surface area contributed by atoms with E-state index in [1.807, 2.05) is 38.1 Å². The van der Waals surface area contributed by atoms with Crippen molar-refractivity contribution >= 4 is 11.6 Å². The normalized spacial score (nSPS) is 24.4. The van der Waals surface area contributed by atoms with Crippen molar-refractivity contribution in [1.82, 2.24) is 5.32 Å². The number of hydrogen-bond donors (Lipinski definition) is 1. The number of alkyl halides is 3. The maximum Gasteiger partial charge on any atom is 0.416 e. The van der Waals surface area contributed by atoms with Crippen molar-refractivity contribution in [3.05, 3.63) is 88.3 Å². The number of hydrogen-bond acceptors (Lipinski definition) is 4. The summed E-state index contributed by atoms with van der Waals surface area (Å²) in [5, 5.41) is 11.6. The van der Waals surface area contributed by atoms with Gasteiger partial charge in [-0.05, 0) is 42.7 Å². The van der Waals surface area contributed by atoms with Gasteiger partial charge < -0.3 is 10.2 Å². The molecule has 170 valence electrons. The van der Waals surface area contributed by atoms with Gasteiger partial charge in [0.2, 0.25) is 0 Å². The van der Waals surface area contributed by atoms with E-state index in [4.69, 9.17) is 0 Å². The van der Waals surface area contributed by atoms with Gasteiger partial charge in [-0.25, -0.2) is 0 Å². The van der Waals surface area contributed by atoms with Crippen molar-refractivity contribution in [2.24, 2.45) is 10.2 Å². The van der Waals surface area contributed by atoms with Crippen molar-refractivity contribution in [3.63, 3.8) is 0 Å². The molecule has 2 atom stereocenters. The number of fused-ring (bicyclic) bond motifs is 1. The Labute approximate surface area is 189 Å². The van der Waals surface area contributed by atoms with Gasteiger partial charge in [-0.3, -0.25) is 4.79 Å². The highest BCUT2D eigenvalue weighted by molar-refractivity contribution is 6.09. The number of halogens is 3. The number of carbonyl (C=O) groups excluding carboxylic acids is 1. The number of amides is 1. The first-order valence-corrected chi connectivity index (χ1v) is 10.9. The fourth-order valence-corrected chi connectivity index (χ4v) is 5.25. The van der Waals surface area contributed by atoms with E-state index >= 15 is 0 Å². The van der Waals surface area contributed by atoms with Crippen LogP contribution in [0.4, 0.5) is 18.9 Å². The van der Waals surface area contributed by atoms with Crippen LogP contribution in [0.15, 0.2) is 81.8 Å². The number of aryl methyl sites for hydroxylation is 1. The van der Waals surface area contributed by atoms with E-state index in [2.05, 4.69) is 15.5 Å². The molecule has 3 heterocycles. The molecular formula is C25H23F3N4O. The van der Waals surface area contributed by atoms with E-state index in [0.29, 0.717) is 36.1 Å². The lowest BCUT2D eigenvalue weighted by Crippen LogP contribution is -2.54. The minimum atomic E-state index is -4.49. The Kier molecular flexibility index (Phi) is 4.92. The summed E-state index contributed by atoms with van der Waals surface area (Å²) in [4.78, 5) is 15.7. The Bertz CT molecular complexity index is 1230. The van der Waals surface area contributed by atoms with Crippen molar-refractivity contribution in [3.8, 4) is 0 Å². The van der Waals surface area contributed by atoms with Crippen LogP contribution in [-0.2, 0) is 16.4 Å². The summed E-state index contributed by atoms with van der Waals surface area (Å²) in [7, 11) is 0. The van der Waals surface area contributed by atoms with Crippen LogP contribution in [0, 0.1) is 6.92 Å². The number of benzene rings is 2. The van der Waals surface area contributed by atoms with Crippen LogP contribution >= 0.6 is 0 Å². The predicted octanol–water partition coefficient (Wildman–Crippen LogP) is 5.63. The molecule has 33 heavy (non-hydrogen) atoms. The first-order valence-electron chi connectivity index (χ1n) is 10.9. The number of azo groups is 1. The lowest BCUT2D eigenvalue weighted by Gasteiger charge is -2.47. The molecule has 0 saturated heterocycles. The van der Waals surface area contributed by atoms with E-state index in [1.54, 1.807) is 17.2 Å². The zero-order chi connectivity index (χ0) is 23.4. The van der Waals surface area contributed by atoms with Crippen LogP contribution < -0.4 is 10.2 Å². The summed E-state index contributed by atoms with van der Waals surface area (Å²) in [6.07, 6.45) is -2.44. The molecule has 8 heteroatoms. The fourth-order valence-electron chi connectivity index (χ4n) is 5.25. The van der Waals surface area contributed by atoms with Crippen molar-refractivity contribution < 1.29 is 18.0 Å². The van der Waals surface area contributed by atoms with Crippen LogP contribution in [-0.4, -0.2) is 18.6 Å². The topological polar surface area (TPSA) is 57.1 Å². The monoisotopic (exact) mass is 452 g/mol. The molecule has 3 aliphatic rings. The summed E-state index contributed by atoms with van der Waals surface area (Å²) in [5.74, 6) is -0.208. The molecule has 3 aliphatic heterocycles. The lowest BCUT2D eigenvalue weighted by atomic mass is 9.62. The van der Waals surface area contributed by atoms with E-state index in [0.717, 1.165) is 29.1 Å². The summed E-state index contributed by atoms with van der Waals surface area (Å²) in [5.41, 5.74) is 2.33. The third kappa shape index (κ3) is 3.27.